The first-order valence-corrected chi connectivity index (χ1v) is 5.48. The SMILES string of the molecule is NC(=O)N/N=C/c1ccc(-c2ccccc2Cl)o1. The number of primary amides is 1. The first kappa shape index (κ1) is 12.2. The minimum Gasteiger partial charge on any atom is -0.455 e. The lowest BCUT2D eigenvalue weighted by molar-refractivity contribution is 0.249. The maximum absolute atomic E-state index is 10.4. The van der Waals surface area contributed by atoms with Crippen LogP contribution < -0.4 is 11.2 Å². The molecule has 0 radical (unpaired) electrons. The van der Waals surface area contributed by atoms with Gasteiger partial charge in [-0.15, -0.1) is 0 Å². The van der Waals surface area contributed by atoms with Crippen LogP contribution in [-0.2, 0) is 0 Å². The number of halogens is 1. The van der Waals surface area contributed by atoms with Gasteiger partial charge in [0.05, 0.1) is 11.2 Å². The number of benzene rings is 1. The van der Waals surface area contributed by atoms with E-state index < -0.39 is 6.03 Å². The van der Waals surface area contributed by atoms with Crippen molar-refractivity contribution in [2.24, 2.45) is 10.8 Å². The van der Waals surface area contributed by atoms with E-state index in [0.717, 1.165) is 5.56 Å². The molecule has 1 aromatic heterocycles. The maximum Gasteiger partial charge on any atom is 0.332 e. The van der Waals surface area contributed by atoms with E-state index in [1.807, 2.05) is 18.2 Å². The van der Waals surface area contributed by atoms with E-state index in [2.05, 4.69) is 10.5 Å². The second kappa shape index (κ2) is 5.37. The molecule has 0 spiro atoms. The van der Waals surface area contributed by atoms with Crippen LogP contribution in [0.2, 0.25) is 5.02 Å². The summed E-state index contributed by atoms with van der Waals surface area (Å²) < 4.78 is 5.51. The number of amides is 2. The van der Waals surface area contributed by atoms with Crippen LogP contribution in [0.5, 0.6) is 0 Å². The lowest BCUT2D eigenvalue weighted by Crippen LogP contribution is -2.24. The molecule has 2 rings (SSSR count). The Labute approximate surface area is 108 Å². The highest BCUT2D eigenvalue weighted by atomic mass is 35.5. The molecule has 0 unspecified atom stereocenters. The molecule has 0 bridgehead atoms. The third kappa shape index (κ3) is 2.89. The molecule has 0 saturated carbocycles. The maximum atomic E-state index is 10.4. The normalized spacial score (nSPS) is 10.7. The zero-order valence-corrected chi connectivity index (χ0v) is 10.0. The van der Waals surface area contributed by atoms with E-state index in [4.69, 9.17) is 21.8 Å². The molecule has 0 saturated heterocycles. The van der Waals surface area contributed by atoms with Gasteiger partial charge in [0.15, 0.2) is 0 Å². The number of hydrogen-bond donors (Lipinski definition) is 2. The molecule has 6 heteroatoms. The number of urea groups is 1. The highest BCUT2D eigenvalue weighted by Gasteiger charge is 2.06. The summed E-state index contributed by atoms with van der Waals surface area (Å²) in [6, 6.07) is 10.1. The number of nitrogens with one attached hydrogen (secondary N) is 1. The summed E-state index contributed by atoms with van der Waals surface area (Å²) in [5, 5.41) is 4.20. The molecular formula is C12H10ClN3O2. The van der Waals surface area contributed by atoms with Gasteiger partial charge >= 0.3 is 6.03 Å². The van der Waals surface area contributed by atoms with Crippen LogP contribution in [0.15, 0.2) is 45.9 Å². The number of furan rings is 1. The van der Waals surface area contributed by atoms with E-state index in [1.54, 1.807) is 18.2 Å². The number of rotatable bonds is 3. The van der Waals surface area contributed by atoms with Crippen LogP contribution in [0.25, 0.3) is 11.3 Å². The molecule has 0 aliphatic heterocycles. The molecule has 2 amide bonds. The Morgan fingerprint density at radius 3 is 2.83 bits per heavy atom. The fourth-order valence-electron chi connectivity index (χ4n) is 1.39. The number of nitrogens with two attached hydrogens (primary N) is 1. The molecule has 1 heterocycles. The van der Waals surface area contributed by atoms with Gasteiger partial charge in [-0.3, -0.25) is 0 Å². The van der Waals surface area contributed by atoms with Crippen molar-refractivity contribution in [1.29, 1.82) is 0 Å². The quantitative estimate of drug-likeness (QED) is 0.659. The van der Waals surface area contributed by atoms with Gasteiger partial charge in [0.25, 0.3) is 0 Å². The summed E-state index contributed by atoms with van der Waals surface area (Å²) in [7, 11) is 0. The highest BCUT2D eigenvalue weighted by molar-refractivity contribution is 6.33. The molecule has 0 fully saturated rings. The molecule has 3 N–H and O–H groups in total. The summed E-state index contributed by atoms with van der Waals surface area (Å²) in [5.74, 6) is 1.11. The summed E-state index contributed by atoms with van der Waals surface area (Å²) in [5.41, 5.74) is 7.73. The molecule has 0 atom stereocenters. The minimum atomic E-state index is -0.732. The van der Waals surface area contributed by atoms with Crippen molar-refractivity contribution in [1.82, 2.24) is 5.43 Å². The van der Waals surface area contributed by atoms with Crippen LogP contribution in [0, 0.1) is 0 Å². The fourth-order valence-corrected chi connectivity index (χ4v) is 1.62. The first-order valence-electron chi connectivity index (χ1n) is 5.10. The van der Waals surface area contributed by atoms with E-state index in [9.17, 15) is 4.79 Å². The molecule has 92 valence electrons. The molecule has 5 nitrogen and oxygen atoms in total. The van der Waals surface area contributed by atoms with Gasteiger partial charge in [0, 0.05) is 5.56 Å². The highest BCUT2D eigenvalue weighted by Crippen LogP contribution is 2.28. The number of nitrogens with zero attached hydrogens (tertiary/aromatic N) is 1. The predicted molar refractivity (Wildman–Crippen MR) is 69.5 cm³/mol. The third-order valence-corrected chi connectivity index (χ3v) is 2.46. The Bertz CT molecular complexity index is 593. The van der Waals surface area contributed by atoms with Gasteiger partial charge in [-0.25, -0.2) is 10.2 Å². The lowest BCUT2D eigenvalue weighted by atomic mass is 10.2. The van der Waals surface area contributed by atoms with E-state index >= 15 is 0 Å². The number of hydrazone groups is 1. The smallest absolute Gasteiger partial charge is 0.332 e. The minimum absolute atomic E-state index is 0.485. The van der Waals surface area contributed by atoms with Crippen molar-refractivity contribution in [3.05, 3.63) is 47.2 Å². The van der Waals surface area contributed by atoms with Gasteiger partial charge in [-0.1, -0.05) is 23.7 Å². The Kier molecular flexibility index (Phi) is 3.64. The Balaban J connectivity index is 2.18. The van der Waals surface area contributed by atoms with E-state index in [1.165, 1.54) is 6.21 Å². The van der Waals surface area contributed by atoms with Crippen molar-refractivity contribution in [3.8, 4) is 11.3 Å². The molecule has 0 aliphatic rings. The second-order valence-electron chi connectivity index (χ2n) is 3.42. The number of hydrogen-bond acceptors (Lipinski definition) is 3. The average molecular weight is 264 g/mol. The summed E-state index contributed by atoms with van der Waals surface area (Å²) in [6.45, 7) is 0. The summed E-state index contributed by atoms with van der Waals surface area (Å²) in [6.07, 6.45) is 1.35. The topological polar surface area (TPSA) is 80.6 Å². The largest absolute Gasteiger partial charge is 0.455 e. The molecule has 18 heavy (non-hydrogen) atoms. The van der Waals surface area contributed by atoms with Crippen LogP contribution in [0.1, 0.15) is 5.76 Å². The zero-order chi connectivity index (χ0) is 13.0. The van der Waals surface area contributed by atoms with Crippen molar-refractivity contribution < 1.29 is 9.21 Å². The van der Waals surface area contributed by atoms with Gasteiger partial charge in [-0.05, 0) is 24.3 Å². The van der Waals surface area contributed by atoms with Crippen molar-refractivity contribution in [3.63, 3.8) is 0 Å². The number of carbonyl (C=O) groups is 1. The Morgan fingerprint density at radius 2 is 2.11 bits per heavy atom. The average Bonchev–Trinajstić information content (AvgIpc) is 2.78. The first-order chi connectivity index (χ1) is 8.66. The van der Waals surface area contributed by atoms with Crippen LogP contribution >= 0.6 is 11.6 Å². The van der Waals surface area contributed by atoms with E-state index in [0.29, 0.717) is 16.5 Å². The molecule has 2 aromatic rings. The van der Waals surface area contributed by atoms with E-state index in [-0.39, 0.29) is 0 Å². The summed E-state index contributed by atoms with van der Waals surface area (Å²) in [4.78, 5) is 10.4. The molecule has 0 aliphatic carbocycles. The van der Waals surface area contributed by atoms with Gasteiger partial charge in [-0.2, -0.15) is 5.10 Å². The monoisotopic (exact) mass is 263 g/mol. The number of carbonyl (C=O) groups excluding carboxylic acids is 1. The van der Waals surface area contributed by atoms with Crippen molar-refractivity contribution in [2.75, 3.05) is 0 Å². The standard InChI is InChI=1S/C12H10ClN3O2/c13-10-4-2-1-3-9(10)11-6-5-8(18-11)7-15-16-12(14)17/h1-7H,(H3,14,16,17)/b15-7+. The summed E-state index contributed by atoms with van der Waals surface area (Å²) >= 11 is 6.05. The third-order valence-electron chi connectivity index (χ3n) is 2.13. The van der Waals surface area contributed by atoms with Crippen LogP contribution in [0.4, 0.5) is 4.79 Å². The zero-order valence-electron chi connectivity index (χ0n) is 9.26. The van der Waals surface area contributed by atoms with Crippen LogP contribution in [0.3, 0.4) is 0 Å². The molecular weight excluding hydrogens is 254 g/mol. The van der Waals surface area contributed by atoms with Gasteiger partial charge in [0.1, 0.15) is 11.5 Å². The predicted octanol–water partition coefficient (Wildman–Crippen LogP) is 2.60. The van der Waals surface area contributed by atoms with Crippen molar-refractivity contribution >= 4 is 23.8 Å². The van der Waals surface area contributed by atoms with Crippen molar-refractivity contribution in [2.45, 2.75) is 0 Å². The second-order valence-corrected chi connectivity index (χ2v) is 3.82. The molecule has 1 aromatic carbocycles. The van der Waals surface area contributed by atoms with Gasteiger partial charge < -0.3 is 10.2 Å². The Hall–Kier alpha value is -2.27. The van der Waals surface area contributed by atoms with Crippen LogP contribution in [-0.4, -0.2) is 12.2 Å². The lowest BCUT2D eigenvalue weighted by Gasteiger charge is -1.98. The Morgan fingerprint density at radius 1 is 1.33 bits per heavy atom. The fraction of sp³-hybridized carbons (Fsp3) is 0. The van der Waals surface area contributed by atoms with Gasteiger partial charge in [0.2, 0.25) is 0 Å².